The van der Waals surface area contributed by atoms with Crippen molar-refractivity contribution in [3.05, 3.63) is 94.2 Å². The van der Waals surface area contributed by atoms with Gasteiger partial charge in [0.25, 0.3) is 0 Å². The summed E-state index contributed by atoms with van der Waals surface area (Å²) in [6.45, 7) is 0. The number of hydrogen-bond acceptors (Lipinski definition) is 3. The highest BCUT2D eigenvalue weighted by atomic mass is 79.9. The van der Waals surface area contributed by atoms with E-state index in [2.05, 4.69) is 20.9 Å². The van der Waals surface area contributed by atoms with Gasteiger partial charge in [0, 0.05) is 10.7 Å². The molecule has 0 spiro atoms. The van der Waals surface area contributed by atoms with E-state index in [1.807, 2.05) is 24.3 Å². The Bertz CT molecular complexity index is 888. The van der Waals surface area contributed by atoms with E-state index >= 15 is 0 Å². The summed E-state index contributed by atoms with van der Waals surface area (Å²) in [5.41, 5.74) is 2.02. The third kappa shape index (κ3) is 4.84. The van der Waals surface area contributed by atoms with Crippen LogP contribution in [0.4, 0.5) is 10.1 Å². The maximum absolute atomic E-state index is 12.9. The van der Waals surface area contributed by atoms with Crippen LogP contribution in [0.1, 0.15) is 15.9 Å². The normalized spacial score (nSPS) is 10.8. The molecule has 3 rings (SSSR count). The summed E-state index contributed by atoms with van der Waals surface area (Å²) in [5.74, 6) is -0.516. The highest BCUT2D eigenvalue weighted by molar-refractivity contribution is 9.10. The van der Waals surface area contributed by atoms with Gasteiger partial charge in [0.15, 0.2) is 0 Å². The van der Waals surface area contributed by atoms with E-state index in [-0.39, 0.29) is 0 Å². The second kappa shape index (κ2) is 7.85. The molecule has 0 aliphatic rings. The molecule has 0 saturated carbocycles. The van der Waals surface area contributed by atoms with Crippen molar-refractivity contribution in [2.45, 2.75) is 0 Å². The summed E-state index contributed by atoms with van der Waals surface area (Å²) in [7, 11) is 0. The number of hydrogen-bond donors (Lipinski definition) is 0. The molecule has 0 fully saturated rings. The number of nitrogens with zero attached hydrogens (tertiary/aromatic N) is 1. The molecule has 0 heterocycles. The lowest BCUT2D eigenvalue weighted by atomic mass is 10.2. The molecule has 3 aromatic rings. The predicted octanol–water partition coefficient (Wildman–Crippen LogP) is 5.56. The van der Waals surface area contributed by atoms with E-state index in [0.717, 1.165) is 15.7 Å². The van der Waals surface area contributed by atoms with Crippen molar-refractivity contribution >= 4 is 33.8 Å². The van der Waals surface area contributed by atoms with Crippen LogP contribution in [-0.4, -0.2) is 12.2 Å². The third-order valence-corrected chi connectivity index (χ3v) is 3.89. The fourth-order valence-electron chi connectivity index (χ4n) is 2.05. The number of ether oxygens (including phenoxy) is 1. The molecule has 0 aliphatic heterocycles. The summed E-state index contributed by atoms with van der Waals surface area (Å²) < 4.78 is 19.1. The minimum Gasteiger partial charge on any atom is -0.423 e. The molecule has 124 valence electrons. The summed E-state index contributed by atoms with van der Waals surface area (Å²) in [6.07, 6.45) is 1.73. The van der Waals surface area contributed by atoms with E-state index in [1.165, 1.54) is 24.3 Å². The van der Waals surface area contributed by atoms with Crippen LogP contribution in [0.2, 0.25) is 0 Å². The SMILES string of the molecule is O=C(Oc1ccc(C=Nc2ccc(Br)cc2)cc1)c1ccc(F)cc1. The maximum atomic E-state index is 12.9. The number of rotatable bonds is 4. The van der Waals surface area contributed by atoms with E-state index in [1.54, 1.807) is 30.5 Å². The molecular formula is C20H13BrFNO2. The van der Waals surface area contributed by atoms with Gasteiger partial charge in [0.05, 0.1) is 11.3 Å². The van der Waals surface area contributed by atoms with Crippen LogP contribution >= 0.6 is 15.9 Å². The predicted molar refractivity (Wildman–Crippen MR) is 99.2 cm³/mol. The van der Waals surface area contributed by atoms with Gasteiger partial charge in [-0.15, -0.1) is 0 Å². The first-order valence-corrected chi connectivity index (χ1v) is 8.27. The molecular weight excluding hydrogens is 385 g/mol. The number of halogens is 2. The summed E-state index contributed by atoms with van der Waals surface area (Å²) in [4.78, 5) is 16.3. The van der Waals surface area contributed by atoms with Crippen LogP contribution in [-0.2, 0) is 0 Å². The van der Waals surface area contributed by atoms with Crippen molar-refractivity contribution in [1.29, 1.82) is 0 Å². The Labute approximate surface area is 152 Å². The van der Waals surface area contributed by atoms with Gasteiger partial charge in [-0.3, -0.25) is 4.99 Å². The van der Waals surface area contributed by atoms with Gasteiger partial charge in [0.2, 0.25) is 0 Å². The molecule has 5 heteroatoms. The second-order valence-electron chi connectivity index (χ2n) is 5.20. The Morgan fingerprint density at radius 2 is 1.56 bits per heavy atom. The van der Waals surface area contributed by atoms with E-state index < -0.39 is 11.8 Å². The molecule has 0 bridgehead atoms. The summed E-state index contributed by atoms with van der Waals surface area (Å²) in [6, 6.07) is 19.8. The van der Waals surface area contributed by atoms with Crippen molar-refractivity contribution < 1.29 is 13.9 Å². The average molecular weight is 398 g/mol. The van der Waals surface area contributed by atoms with Gasteiger partial charge in [0.1, 0.15) is 11.6 Å². The monoisotopic (exact) mass is 397 g/mol. The standard InChI is InChI=1S/C20H13BrFNO2/c21-16-5-9-18(10-6-16)23-13-14-1-11-19(12-2-14)25-20(24)15-3-7-17(22)8-4-15/h1-13H. The average Bonchev–Trinajstić information content (AvgIpc) is 2.63. The zero-order valence-electron chi connectivity index (χ0n) is 13.0. The lowest BCUT2D eigenvalue weighted by Crippen LogP contribution is -2.08. The topological polar surface area (TPSA) is 38.7 Å². The van der Waals surface area contributed by atoms with Crippen molar-refractivity contribution in [1.82, 2.24) is 0 Å². The van der Waals surface area contributed by atoms with Crippen molar-refractivity contribution in [2.75, 3.05) is 0 Å². The van der Waals surface area contributed by atoms with Crippen molar-refractivity contribution in [3.63, 3.8) is 0 Å². The summed E-state index contributed by atoms with van der Waals surface area (Å²) >= 11 is 3.38. The van der Waals surface area contributed by atoms with Crippen molar-refractivity contribution in [3.8, 4) is 5.75 Å². The lowest BCUT2D eigenvalue weighted by Gasteiger charge is -2.04. The van der Waals surface area contributed by atoms with Gasteiger partial charge in [-0.2, -0.15) is 0 Å². The van der Waals surface area contributed by atoms with Crippen molar-refractivity contribution in [2.24, 2.45) is 4.99 Å². The second-order valence-corrected chi connectivity index (χ2v) is 6.12. The molecule has 0 aromatic heterocycles. The lowest BCUT2D eigenvalue weighted by molar-refractivity contribution is 0.0734. The number of aliphatic imine (C=N–C) groups is 1. The van der Waals surface area contributed by atoms with Crippen LogP contribution in [0, 0.1) is 5.82 Å². The molecule has 0 aliphatic carbocycles. The van der Waals surface area contributed by atoms with Crippen LogP contribution in [0.5, 0.6) is 5.75 Å². The summed E-state index contributed by atoms with van der Waals surface area (Å²) in [5, 5.41) is 0. The van der Waals surface area contributed by atoms with Gasteiger partial charge in [-0.25, -0.2) is 9.18 Å². The number of esters is 1. The molecule has 0 N–H and O–H groups in total. The van der Waals surface area contributed by atoms with E-state index in [4.69, 9.17) is 4.74 Å². The molecule has 25 heavy (non-hydrogen) atoms. The fraction of sp³-hybridized carbons (Fsp3) is 0. The molecule has 0 atom stereocenters. The molecule has 3 aromatic carbocycles. The molecule has 3 nitrogen and oxygen atoms in total. The smallest absolute Gasteiger partial charge is 0.343 e. The third-order valence-electron chi connectivity index (χ3n) is 3.36. The Hall–Kier alpha value is -2.79. The number of carbonyl (C=O) groups excluding carboxylic acids is 1. The molecule has 0 amide bonds. The van der Waals surface area contributed by atoms with Gasteiger partial charge in [-0.1, -0.05) is 15.9 Å². The Morgan fingerprint density at radius 3 is 2.20 bits per heavy atom. The van der Waals surface area contributed by atoms with Gasteiger partial charge in [-0.05, 0) is 78.4 Å². The first kappa shape index (κ1) is 17.0. The minimum atomic E-state index is -0.531. The maximum Gasteiger partial charge on any atom is 0.343 e. The first-order chi connectivity index (χ1) is 12.1. The Kier molecular flexibility index (Phi) is 5.36. The quantitative estimate of drug-likeness (QED) is 0.328. The van der Waals surface area contributed by atoms with Gasteiger partial charge < -0.3 is 4.74 Å². The van der Waals surface area contributed by atoms with Crippen LogP contribution in [0.3, 0.4) is 0 Å². The zero-order valence-corrected chi connectivity index (χ0v) is 14.6. The number of carbonyl (C=O) groups is 1. The van der Waals surface area contributed by atoms with E-state index in [9.17, 15) is 9.18 Å². The molecule has 0 unspecified atom stereocenters. The minimum absolute atomic E-state index is 0.294. The number of benzene rings is 3. The molecule has 0 radical (unpaired) electrons. The van der Waals surface area contributed by atoms with Crippen LogP contribution in [0.25, 0.3) is 0 Å². The van der Waals surface area contributed by atoms with Crippen LogP contribution < -0.4 is 4.74 Å². The fourth-order valence-corrected chi connectivity index (χ4v) is 2.31. The highest BCUT2D eigenvalue weighted by Crippen LogP contribution is 2.18. The van der Waals surface area contributed by atoms with Crippen LogP contribution in [0.15, 0.2) is 82.3 Å². The zero-order chi connectivity index (χ0) is 17.6. The first-order valence-electron chi connectivity index (χ1n) is 7.47. The Morgan fingerprint density at radius 1 is 0.920 bits per heavy atom. The van der Waals surface area contributed by atoms with Gasteiger partial charge >= 0.3 is 5.97 Å². The molecule has 0 saturated heterocycles. The Balaban J connectivity index is 1.64. The largest absolute Gasteiger partial charge is 0.423 e. The highest BCUT2D eigenvalue weighted by Gasteiger charge is 2.08. The van der Waals surface area contributed by atoms with E-state index in [0.29, 0.717) is 11.3 Å².